The van der Waals surface area contributed by atoms with Crippen molar-refractivity contribution >= 4 is 23.2 Å². The van der Waals surface area contributed by atoms with E-state index in [1.54, 1.807) is 13.0 Å². The first kappa shape index (κ1) is 15.1. The van der Waals surface area contributed by atoms with Crippen LogP contribution < -0.4 is 15.0 Å². The predicted molar refractivity (Wildman–Crippen MR) is 88.7 cm³/mol. The van der Waals surface area contributed by atoms with Gasteiger partial charge in [-0.2, -0.15) is 0 Å². The van der Waals surface area contributed by atoms with Gasteiger partial charge in [-0.15, -0.1) is 0 Å². The number of para-hydroxylation sites is 3. The molecule has 0 fully saturated rings. The van der Waals surface area contributed by atoms with Gasteiger partial charge in [-0.05, 0) is 37.6 Å². The Morgan fingerprint density at radius 2 is 1.87 bits per heavy atom. The molecule has 2 aromatic carbocycles. The number of hydrogen-bond donors (Lipinski definition) is 1. The van der Waals surface area contributed by atoms with Gasteiger partial charge < -0.3 is 10.1 Å². The monoisotopic (exact) mass is 310 g/mol. The van der Waals surface area contributed by atoms with E-state index < -0.39 is 6.10 Å². The quantitative estimate of drug-likeness (QED) is 0.948. The van der Waals surface area contributed by atoms with E-state index in [0.717, 1.165) is 5.56 Å². The average molecular weight is 310 g/mol. The van der Waals surface area contributed by atoms with Crippen molar-refractivity contribution in [2.75, 3.05) is 16.8 Å². The predicted octanol–water partition coefficient (Wildman–Crippen LogP) is 2.75. The first-order chi connectivity index (χ1) is 11.1. The van der Waals surface area contributed by atoms with Gasteiger partial charge in [-0.1, -0.05) is 30.3 Å². The van der Waals surface area contributed by atoms with Crippen molar-refractivity contribution in [2.24, 2.45) is 0 Å². The second-order valence-electron chi connectivity index (χ2n) is 5.52. The fraction of sp³-hybridized carbons (Fsp3) is 0.222. The first-order valence-corrected chi connectivity index (χ1v) is 7.49. The fourth-order valence-electron chi connectivity index (χ4n) is 2.58. The maximum atomic E-state index is 12.7. The molecule has 3 rings (SSSR count). The fourth-order valence-corrected chi connectivity index (χ4v) is 2.58. The van der Waals surface area contributed by atoms with E-state index in [2.05, 4.69) is 5.32 Å². The Kier molecular flexibility index (Phi) is 4.02. The molecular weight excluding hydrogens is 292 g/mol. The Labute approximate surface area is 134 Å². The van der Waals surface area contributed by atoms with E-state index in [1.165, 1.54) is 4.90 Å². The highest BCUT2D eigenvalue weighted by atomic mass is 16.5. The van der Waals surface area contributed by atoms with Crippen LogP contribution in [0.5, 0.6) is 5.75 Å². The molecule has 0 bridgehead atoms. The molecule has 1 aliphatic rings. The maximum Gasteiger partial charge on any atom is 0.268 e. The molecule has 2 amide bonds. The molecule has 118 valence electrons. The second-order valence-corrected chi connectivity index (χ2v) is 5.52. The molecule has 23 heavy (non-hydrogen) atoms. The summed E-state index contributed by atoms with van der Waals surface area (Å²) in [7, 11) is 0. The van der Waals surface area contributed by atoms with Crippen molar-refractivity contribution in [3.05, 3.63) is 54.1 Å². The molecule has 1 heterocycles. The van der Waals surface area contributed by atoms with Crippen LogP contribution in [0.15, 0.2) is 48.5 Å². The number of anilines is 2. The molecule has 1 aliphatic heterocycles. The van der Waals surface area contributed by atoms with E-state index in [1.807, 2.05) is 49.4 Å². The van der Waals surface area contributed by atoms with Crippen LogP contribution in [0.4, 0.5) is 11.4 Å². The van der Waals surface area contributed by atoms with Gasteiger partial charge in [0.05, 0.1) is 11.4 Å². The van der Waals surface area contributed by atoms with Crippen molar-refractivity contribution < 1.29 is 14.3 Å². The van der Waals surface area contributed by atoms with E-state index >= 15 is 0 Å². The molecular formula is C18H18N2O3. The maximum absolute atomic E-state index is 12.7. The Balaban J connectivity index is 1.83. The summed E-state index contributed by atoms with van der Waals surface area (Å²) in [5, 5.41) is 2.77. The molecule has 0 saturated carbocycles. The van der Waals surface area contributed by atoms with Gasteiger partial charge in [0.2, 0.25) is 5.91 Å². The molecule has 0 radical (unpaired) electrons. The number of rotatable bonds is 3. The molecule has 5 heteroatoms. The van der Waals surface area contributed by atoms with Crippen LogP contribution >= 0.6 is 0 Å². The molecule has 1 N–H and O–H groups in total. The number of carbonyl (C=O) groups excluding carboxylic acids is 2. The molecule has 0 aromatic heterocycles. The number of ether oxygens (including phenoxy) is 1. The number of aryl methyl sites for hydroxylation is 1. The molecule has 0 aliphatic carbocycles. The van der Waals surface area contributed by atoms with Crippen LogP contribution in [0.1, 0.15) is 12.5 Å². The van der Waals surface area contributed by atoms with Crippen LogP contribution in [-0.2, 0) is 9.59 Å². The van der Waals surface area contributed by atoms with Gasteiger partial charge in [-0.3, -0.25) is 14.5 Å². The summed E-state index contributed by atoms with van der Waals surface area (Å²) < 4.78 is 5.79. The summed E-state index contributed by atoms with van der Waals surface area (Å²) in [6.07, 6.45) is -0.685. The van der Waals surface area contributed by atoms with Gasteiger partial charge in [0.25, 0.3) is 5.91 Å². The van der Waals surface area contributed by atoms with E-state index in [0.29, 0.717) is 17.1 Å². The van der Waals surface area contributed by atoms with Gasteiger partial charge >= 0.3 is 0 Å². The number of carbonyl (C=O) groups is 2. The van der Waals surface area contributed by atoms with E-state index in [4.69, 9.17) is 4.74 Å². The zero-order chi connectivity index (χ0) is 16.4. The van der Waals surface area contributed by atoms with Crippen molar-refractivity contribution in [1.29, 1.82) is 0 Å². The van der Waals surface area contributed by atoms with Gasteiger partial charge in [0.15, 0.2) is 6.10 Å². The van der Waals surface area contributed by atoms with Crippen molar-refractivity contribution in [3.63, 3.8) is 0 Å². The summed E-state index contributed by atoms with van der Waals surface area (Å²) >= 11 is 0. The number of fused-ring (bicyclic) bond motifs is 1. The van der Waals surface area contributed by atoms with Crippen LogP contribution in [0, 0.1) is 6.92 Å². The zero-order valence-electron chi connectivity index (χ0n) is 13.1. The van der Waals surface area contributed by atoms with Crippen molar-refractivity contribution in [3.8, 4) is 5.75 Å². The normalized spacial score (nSPS) is 14.7. The third-order valence-electron chi connectivity index (χ3n) is 3.78. The summed E-state index contributed by atoms with van der Waals surface area (Å²) in [6, 6.07) is 14.8. The number of hydrogen-bond acceptors (Lipinski definition) is 3. The molecule has 0 spiro atoms. The Hall–Kier alpha value is -2.82. The standard InChI is InChI=1S/C18H18N2O3/c1-12-7-3-6-10-16(12)23-13(2)18(22)20-11-17(21)19-14-8-4-5-9-15(14)20/h3-10,13H,11H2,1-2H3,(H,19,21)/t13-/m0/s1. The largest absolute Gasteiger partial charge is 0.481 e. The summed E-state index contributed by atoms with van der Waals surface area (Å²) in [6.45, 7) is 3.62. The lowest BCUT2D eigenvalue weighted by molar-refractivity contribution is -0.126. The van der Waals surface area contributed by atoms with E-state index in [-0.39, 0.29) is 18.4 Å². The average Bonchev–Trinajstić information content (AvgIpc) is 2.55. The van der Waals surface area contributed by atoms with Crippen LogP contribution in [-0.4, -0.2) is 24.5 Å². The number of amides is 2. The van der Waals surface area contributed by atoms with Crippen molar-refractivity contribution in [2.45, 2.75) is 20.0 Å². The molecule has 0 saturated heterocycles. The number of nitrogens with one attached hydrogen (secondary N) is 1. The topological polar surface area (TPSA) is 58.6 Å². The zero-order valence-corrected chi connectivity index (χ0v) is 13.1. The summed E-state index contributed by atoms with van der Waals surface area (Å²) in [4.78, 5) is 26.0. The SMILES string of the molecule is Cc1ccccc1O[C@@H](C)C(=O)N1CC(=O)Nc2ccccc21. The van der Waals surface area contributed by atoms with Gasteiger partial charge in [-0.25, -0.2) is 0 Å². The Morgan fingerprint density at radius 3 is 2.65 bits per heavy atom. The summed E-state index contributed by atoms with van der Waals surface area (Å²) in [5.41, 5.74) is 2.29. The first-order valence-electron chi connectivity index (χ1n) is 7.49. The highest BCUT2D eigenvalue weighted by molar-refractivity contribution is 6.10. The van der Waals surface area contributed by atoms with Gasteiger partial charge in [0, 0.05) is 0 Å². The van der Waals surface area contributed by atoms with Crippen LogP contribution in [0.25, 0.3) is 0 Å². The van der Waals surface area contributed by atoms with Crippen molar-refractivity contribution in [1.82, 2.24) is 0 Å². The van der Waals surface area contributed by atoms with E-state index in [9.17, 15) is 9.59 Å². The minimum atomic E-state index is -0.685. The lowest BCUT2D eigenvalue weighted by Gasteiger charge is -2.31. The molecule has 0 unspecified atom stereocenters. The third kappa shape index (κ3) is 3.04. The van der Waals surface area contributed by atoms with Gasteiger partial charge in [0.1, 0.15) is 12.3 Å². The number of benzene rings is 2. The minimum Gasteiger partial charge on any atom is -0.481 e. The van der Waals surface area contributed by atoms with Crippen LogP contribution in [0.2, 0.25) is 0 Å². The Morgan fingerprint density at radius 1 is 1.17 bits per heavy atom. The van der Waals surface area contributed by atoms with Crippen LogP contribution in [0.3, 0.4) is 0 Å². The minimum absolute atomic E-state index is 0.00266. The lowest BCUT2D eigenvalue weighted by atomic mass is 10.1. The Bertz CT molecular complexity index is 757. The number of nitrogens with zero attached hydrogens (tertiary/aromatic N) is 1. The summed E-state index contributed by atoms with van der Waals surface area (Å²) in [5.74, 6) is 0.221. The third-order valence-corrected chi connectivity index (χ3v) is 3.78. The second kappa shape index (κ2) is 6.12. The highest BCUT2D eigenvalue weighted by Crippen LogP contribution is 2.30. The smallest absolute Gasteiger partial charge is 0.268 e. The molecule has 2 aromatic rings. The lowest BCUT2D eigenvalue weighted by Crippen LogP contribution is -2.47. The molecule has 5 nitrogen and oxygen atoms in total. The molecule has 1 atom stereocenters. The highest BCUT2D eigenvalue weighted by Gasteiger charge is 2.30.